The molecule has 1 aromatic heterocycles. The van der Waals surface area contributed by atoms with Gasteiger partial charge in [0, 0.05) is 17.1 Å². The highest BCUT2D eigenvalue weighted by Crippen LogP contribution is 2.16. The second-order valence-corrected chi connectivity index (χ2v) is 5.73. The summed E-state index contributed by atoms with van der Waals surface area (Å²) in [5.74, 6) is -0.449. The Morgan fingerprint density at radius 1 is 1.12 bits per heavy atom. The number of anilines is 1. The van der Waals surface area contributed by atoms with E-state index in [0.29, 0.717) is 28.6 Å². The van der Waals surface area contributed by atoms with Crippen molar-refractivity contribution in [2.75, 3.05) is 11.9 Å². The third kappa shape index (κ3) is 4.81. The second kappa shape index (κ2) is 7.81. The molecule has 6 nitrogen and oxygen atoms in total. The predicted octanol–water partition coefficient (Wildman–Crippen LogP) is 3.60. The van der Waals surface area contributed by atoms with Crippen molar-refractivity contribution in [2.45, 2.75) is 12.8 Å². The molecular weight excluding hydrogens is 344 g/mol. The first-order valence-electron chi connectivity index (χ1n) is 7.65. The summed E-state index contributed by atoms with van der Waals surface area (Å²) in [6.07, 6.45) is 0.396. The maximum atomic E-state index is 11.7. The molecule has 0 bridgehead atoms. The van der Waals surface area contributed by atoms with Gasteiger partial charge in [-0.2, -0.15) is 0 Å². The maximum absolute atomic E-state index is 11.7. The lowest BCUT2D eigenvalue weighted by atomic mass is 10.3. The molecule has 7 heteroatoms. The van der Waals surface area contributed by atoms with Crippen LogP contribution in [0.5, 0.6) is 0 Å². The molecule has 2 aromatic carbocycles. The number of halogens is 1. The van der Waals surface area contributed by atoms with E-state index >= 15 is 0 Å². The van der Waals surface area contributed by atoms with Crippen LogP contribution in [-0.4, -0.2) is 23.5 Å². The lowest BCUT2D eigenvalue weighted by Crippen LogP contribution is -2.21. The molecule has 1 N–H and O–H groups in total. The number of aromatic nitrogens is 1. The summed E-state index contributed by atoms with van der Waals surface area (Å²) in [7, 11) is 0. The Bertz CT molecular complexity index is 856. The number of fused-ring (bicyclic) bond motifs is 1. The van der Waals surface area contributed by atoms with Crippen LogP contribution in [0.1, 0.15) is 12.3 Å². The zero-order valence-corrected chi connectivity index (χ0v) is 14.0. The lowest BCUT2D eigenvalue weighted by Gasteiger charge is -2.06. The molecule has 0 atom stereocenters. The topological polar surface area (TPSA) is 81.4 Å². The van der Waals surface area contributed by atoms with Gasteiger partial charge >= 0.3 is 5.97 Å². The van der Waals surface area contributed by atoms with Crippen molar-refractivity contribution in [2.24, 2.45) is 0 Å². The molecule has 0 saturated carbocycles. The van der Waals surface area contributed by atoms with Crippen molar-refractivity contribution in [3.63, 3.8) is 0 Å². The number of rotatable bonds is 6. The van der Waals surface area contributed by atoms with E-state index in [1.807, 2.05) is 24.3 Å². The average molecular weight is 359 g/mol. The summed E-state index contributed by atoms with van der Waals surface area (Å²) in [4.78, 5) is 27.8. The van der Waals surface area contributed by atoms with Crippen LogP contribution < -0.4 is 5.32 Å². The lowest BCUT2D eigenvalue weighted by molar-refractivity contribution is -0.147. The van der Waals surface area contributed by atoms with E-state index < -0.39 is 11.9 Å². The van der Waals surface area contributed by atoms with Crippen molar-refractivity contribution in [3.8, 4) is 0 Å². The van der Waals surface area contributed by atoms with Gasteiger partial charge in [0.25, 0.3) is 5.91 Å². The molecule has 0 saturated heterocycles. The Balaban J connectivity index is 1.43. The van der Waals surface area contributed by atoms with Crippen LogP contribution in [-0.2, 0) is 20.7 Å². The van der Waals surface area contributed by atoms with Crippen molar-refractivity contribution in [1.29, 1.82) is 0 Å². The Hall–Kier alpha value is -2.86. The third-order valence-corrected chi connectivity index (χ3v) is 3.63. The van der Waals surface area contributed by atoms with Gasteiger partial charge in [-0.1, -0.05) is 23.7 Å². The predicted molar refractivity (Wildman–Crippen MR) is 93.4 cm³/mol. The summed E-state index contributed by atoms with van der Waals surface area (Å²) < 4.78 is 10.5. The fraction of sp³-hybridized carbons (Fsp3) is 0.167. The number of nitrogens with zero attached hydrogens (tertiary/aromatic N) is 1. The quantitative estimate of drug-likeness (QED) is 0.681. The number of amides is 1. The number of para-hydroxylation sites is 2. The molecule has 0 radical (unpaired) electrons. The minimum Gasteiger partial charge on any atom is -0.456 e. The first kappa shape index (κ1) is 17.0. The van der Waals surface area contributed by atoms with Gasteiger partial charge in [0.2, 0.25) is 0 Å². The van der Waals surface area contributed by atoms with Gasteiger partial charge in [0.05, 0.1) is 6.42 Å². The summed E-state index contributed by atoms with van der Waals surface area (Å²) in [6.45, 7) is -0.352. The van der Waals surface area contributed by atoms with Crippen LogP contribution in [0.2, 0.25) is 5.02 Å². The van der Waals surface area contributed by atoms with Crippen LogP contribution in [0.25, 0.3) is 11.1 Å². The minimum atomic E-state index is -0.492. The Morgan fingerprint density at radius 3 is 2.64 bits per heavy atom. The zero-order chi connectivity index (χ0) is 17.6. The molecule has 128 valence electrons. The van der Waals surface area contributed by atoms with Gasteiger partial charge in [-0.05, 0) is 36.4 Å². The van der Waals surface area contributed by atoms with Crippen molar-refractivity contribution >= 4 is 40.3 Å². The van der Waals surface area contributed by atoms with E-state index in [1.54, 1.807) is 24.3 Å². The van der Waals surface area contributed by atoms with E-state index in [0.717, 1.165) is 5.52 Å². The number of hydrogen-bond donors (Lipinski definition) is 1. The molecule has 0 spiro atoms. The number of hydrogen-bond acceptors (Lipinski definition) is 5. The molecule has 0 aliphatic carbocycles. The smallest absolute Gasteiger partial charge is 0.306 e. The number of nitrogens with one attached hydrogen (secondary N) is 1. The molecule has 1 amide bonds. The van der Waals surface area contributed by atoms with E-state index in [4.69, 9.17) is 20.8 Å². The fourth-order valence-corrected chi connectivity index (χ4v) is 2.31. The average Bonchev–Trinajstić information content (AvgIpc) is 3.03. The van der Waals surface area contributed by atoms with Gasteiger partial charge < -0.3 is 14.5 Å². The van der Waals surface area contributed by atoms with Crippen molar-refractivity contribution in [3.05, 3.63) is 59.4 Å². The molecule has 3 aromatic rings. The van der Waals surface area contributed by atoms with Crippen LogP contribution in [0.4, 0.5) is 5.69 Å². The monoisotopic (exact) mass is 358 g/mol. The van der Waals surface area contributed by atoms with Gasteiger partial charge in [0.15, 0.2) is 18.1 Å². The second-order valence-electron chi connectivity index (χ2n) is 5.29. The Kier molecular flexibility index (Phi) is 5.30. The molecule has 1 heterocycles. The van der Waals surface area contributed by atoms with E-state index in [1.165, 1.54) is 0 Å². The number of benzene rings is 2. The highest BCUT2D eigenvalue weighted by Gasteiger charge is 2.11. The number of aryl methyl sites for hydroxylation is 1. The summed E-state index contributed by atoms with van der Waals surface area (Å²) >= 11 is 5.77. The van der Waals surface area contributed by atoms with Gasteiger partial charge in [-0.15, -0.1) is 0 Å². The normalized spacial score (nSPS) is 10.6. The highest BCUT2D eigenvalue weighted by atomic mass is 35.5. The zero-order valence-electron chi connectivity index (χ0n) is 13.2. The molecule has 0 unspecified atom stereocenters. The van der Waals surface area contributed by atoms with Gasteiger partial charge in [-0.3, -0.25) is 9.59 Å². The Morgan fingerprint density at radius 2 is 1.88 bits per heavy atom. The number of carbonyl (C=O) groups is 2. The highest BCUT2D eigenvalue weighted by molar-refractivity contribution is 6.30. The van der Waals surface area contributed by atoms with Crippen molar-refractivity contribution in [1.82, 2.24) is 4.98 Å². The van der Waals surface area contributed by atoms with E-state index in [-0.39, 0.29) is 13.0 Å². The molecule has 25 heavy (non-hydrogen) atoms. The van der Waals surface area contributed by atoms with Crippen LogP contribution >= 0.6 is 11.6 Å². The van der Waals surface area contributed by atoms with Gasteiger partial charge in [0.1, 0.15) is 5.52 Å². The SMILES string of the molecule is O=C(COC(=O)CCc1nc2ccccc2o1)Nc1ccc(Cl)cc1. The number of carbonyl (C=O) groups excluding carboxylic acids is 2. The molecule has 3 rings (SSSR count). The maximum Gasteiger partial charge on any atom is 0.306 e. The molecule has 0 aliphatic heterocycles. The van der Waals surface area contributed by atoms with Crippen LogP contribution in [0.3, 0.4) is 0 Å². The third-order valence-electron chi connectivity index (χ3n) is 3.37. The van der Waals surface area contributed by atoms with E-state index in [2.05, 4.69) is 10.3 Å². The Labute approximate surface area is 148 Å². The summed E-state index contributed by atoms with van der Waals surface area (Å²) in [6, 6.07) is 14.0. The minimum absolute atomic E-state index is 0.0844. The first-order valence-corrected chi connectivity index (χ1v) is 8.03. The standard InChI is InChI=1S/C18H15ClN2O4/c19-12-5-7-13(8-6-12)20-16(22)11-24-18(23)10-9-17-21-14-3-1-2-4-15(14)25-17/h1-8H,9-11H2,(H,20,22). The van der Waals surface area contributed by atoms with Gasteiger partial charge in [-0.25, -0.2) is 4.98 Å². The van der Waals surface area contributed by atoms with Crippen molar-refractivity contribution < 1.29 is 18.7 Å². The largest absolute Gasteiger partial charge is 0.456 e. The molecular formula is C18H15ClN2O4. The van der Waals surface area contributed by atoms with Crippen LogP contribution in [0.15, 0.2) is 52.9 Å². The fourth-order valence-electron chi connectivity index (χ4n) is 2.18. The van der Waals surface area contributed by atoms with E-state index in [9.17, 15) is 9.59 Å². The molecule has 0 aliphatic rings. The number of esters is 1. The van der Waals surface area contributed by atoms with Crippen LogP contribution in [0, 0.1) is 0 Å². The number of ether oxygens (including phenoxy) is 1. The summed E-state index contributed by atoms with van der Waals surface area (Å²) in [5, 5.41) is 3.18. The molecule has 0 fully saturated rings. The summed E-state index contributed by atoms with van der Waals surface area (Å²) in [5.41, 5.74) is 2.00. The first-order chi connectivity index (χ1) is 12.1. The number of oxazole rings is 1.